The average molecular weight is 351 g/mol. The fraction of sp³-hybridized carbons (Fsp3) is 0.158. The smallest absolute Gasteiger partial charge is 0.348 e. The molecule has 4 rings (SSSR count). The van der Waals surface area contributed by atoms with Crippen LogP contribution in [0.15, 0.2) is 54.9 Å². The van der Waals surface area contributed by atoms with Crippen LogP contribution in [0.25, 0.3) is 21.5 Å². The Kier molecular flexibility index (Phi) is 4.11. The molecule has 0 atom stereocenters. The predicted octanol–water partition coefficient (Wildman–Crippen LogP) is 4.12. The van der Waals surface area contributed by atoms with Gasteiger partial charge in [-0.25, -0.2) is 4.79 Å². The molecule has 1 N–H and O–H groups in total. The number of aromatic nitrogens is 3. The third-order valence-electron chi connectivity index (χ3n) is 4.17. The summed E-state index contributed by atoms with van der Waals surface area (Å²) in [6.07, 6.45) is 4.95. The van der Waals surface area contributed by atoms with Crippen molar-refractivity contribution < 1.29 is 9.53 Å². The van der Waals surface area contributed by atoms with E-state index in [1.807, 2.05) is 29.1 Å². The second kappa shape index (κ2) is 6.57. The molecule has 1 aromatic carbocycles. The molecule has 25 heavy (non-hydrogen) atoms. The van der Waals surface area contributed by atoms with Crippen LogP contribution in [-0.2, 0) is 17.7 Å². The second-order valence-electron chi connectivity index (χ2n) is 5.73. The number of para-hydroxylation sites is 1. The highest BCUT2D eigenvalue weighted by atomic mass is 32.1. The number of aryl methyl sites for hydroxylation is 2. The molecule has 0 spiro atoms. The lowest BCUT2D eigenvalue weighted by Crippen LogP contribution is -2.01. The van der Waals surface area contributed by atoms with Gasteiger partial charge in [0.2, 0.25) is 0 Å². The maximum absolute atomic E-state index is 11.6. The summed E-state index contributed by atoms with van der Waals surface area (Å²) in [4.78, 5) is 16.4. The molecule has 126 valence electrons. The number of hydrogen-bond acceptors (Lipinski definition) is 4. The van der Waals surface area contributed by atoms with E-state index in [-0.39, 0.29) is 5.97 Å². The van der Waals surface area contributed by atoms with Crippen LogP contribution in [0.4, 0.5) is 0 Å². The van der Waals surface area contributed by atoms with Gasteiger partial charge in [-0.05, 0) is 36.2 Å². The number of fused-ring (bicyclic) bond motifs is 1. The molecular formula is C19H17N3O2S. The lowest BCUT2D eigenvalue weighted by Gasteiger charge is -2.01. The third kappa shape index (κ3) is 3.08. The molecular weight excluding hydrogens is 334 g/mol. The normalized spacial score (nSPS) is 11.1. The number of methoxy groups -OCH3 is 1. The number of carbonyl (C=O) groups excluding carboxylic acids is 1. The van der Waals surface area contributed by atoms with Gasteiger partial charge in [0.25, 0.3) is 0 Å². The SMILES string of the molecule is COC(=O)c1ccc(-c2ccn(CCc3c[nH]c4ccccc34)n2)s1. The number of H-pyrrole nitrogens is 1. The first-order valence-electron chi connectivity index (χ1n) is 8.01. The number of aromatic amines is 1. The van der Waals surface area contributed by atoms with Crippen molar-refractivity contribution in [3.63, 3.8) is 0 Å². The Morgan fingerprint density at radius 1 is 1.24 bits per heavy atom. The maximum atomic E-state index is 11.6. The highest BCUT2D eigenvalue weighted by Gasteiger charge is 2.12. The van der Waals surface area contributed by atoms with E-state index in [0.717, 1.165) is 29.1 Å². The molecule has 5 nitrogen and oxygen atoms in total. The van der Waals surface area contributed by atoms with Crippen LogP contribution in [-0.4, -0.2) is 27.8 Å². The lowest BCUT2D eigenvalue weighted by atomic mass is 10.1. The first kappa shape index (κ1) is 15.7. The molecule has 0 aliphatic heterocycles. The van der Waals surface area contributed by atoms with Gasteiger partial charge in [0.15, 0.2) is 0 Å². The average Bonchev–Trinajstić information content (AvgIpc) is 3.37. The van der Waals surface area contributed by atoms with Crippen molar-refractivity contribution in [3.05, 3.63) is 65.3 Å². The van der Waals surface area contributed by atoms with Gasteiger partial charge in [-0.2, -0.15) is 5.10 Å². The van der Waals surface area contributed by atoms with Gasteiger partial charge < -0.3 is 9.72 Å². The van der Waals surface area contributed by atoms with Crippen LogP contribution in [0.1, 0.15) is 15.2 Å². The molecule has 0 bridgehead atoms. The van der Waals surface area contributed by atoms with Crippen molar-refractivity contribution in [1.29, 1.82) is 0 Å². The summed E-state index contributed by atoms with van der Waals surface area (Å²) in [5, 5.41) is 5.88. The number of benzene rings is 1. The van der Waals surface area contributed by atoms with Gasteiger partial charge in [0.05, 0.1) is 12.0 Å². The molecule has 0 unspecified atom stereocenters. The van der Waals surface area contributed by atoms with Gasteiger partial charge in [-0.15, -0.1) is 11.3 Å². The second-order valence-corrected chi connectivity index (χ2v) is 6.81. The summed E-state index contributed by atoms with van der Waals surface area (Å²) < 4.78 is 6.69. The summed E-state index contributed by atoms with van der Waals surface area (Å²) in [7, 11) is 1.39. The van der Waals surface area contributed by atoms with E-state index in [2.05, 4.69) is 34.5 Å². The molecule has 0 aliphatic rings. The fourth-order valence-corrected chi connectivity index (χ4v) is 3.77. The van der Waals surface area contributed by atoms with E-state index in [4.69, 9.17) is 4.74 Å². The Morgan fingerprint density at radius 3 is 3.00 bits per heavy atom. The number of carbonyl (C=O) groups is 1. The zero-order chi connectivity index (χ0) is 17.2. The molecule has 0 fully saturated rings. The van der Waals surface area contributed by atoms with Crippen molar-refractivity contribution in [2.75, 3.05) is 7.11 Å². The monoisotopic (exact) mass is 351 g/mol. The van der Waals surface area contributed by atoms with Gasteiger partial charge >= 0.3 is 5.97 Å². The summed E-state index contributed by atoms with van der Waals surface area (Å²) in [5.41, 5.74) is 3.32. The van der Waals surface area contributed by atoms with Gasteiger partial charge in [-0.3, -0.25) is 4.68 Å². The summed E-state index contributed by atoms with van der Waals surface area (Å²) >= 11 is 1.39. The molecule has 0 saturated heterocycles. The van der Waals surface area contributed by atoms with Crippen LogP contribution in [0.3, 0.4) is 0 Å². The Bertz CT molecular complexity index is 1030. The molecule has 0 saturated carbocycles. The van der Waals surface area contributed by atoms with Crippen LogP contribution < -0.4 is 0 Å². The van der Waals surface area contributed by atoms with Crippen molar-refractivity contribution >= 4 is 28.2 Å². The molecule has 3 aromatic heterocycles. The molecule has 0 aliphatic carbocycles. The van der Waals surface area contributed by atoms with Gasteiger partial charge in [0, 0.05) is 29.8 Å². The van der Waals surface area contributed by atoms with E-state index in [1.165, 1.54) is 29.4 Å². The summed E-state index contributed by atoms with van der Waals surface area (Å²) in [6.45, 7) is 0.803. The van der Waals surface area contributed by atoms with E-state index < -0.39 is 0 Å². The number of thiophene rings is 1. The predicted molar refractivity (Wildman–Crippen MR) is 98.9 cm³/mol. The zero-order valence-electron chi connectivity index (χ0n) is 13.7. The minimum absolute atomic E-state index is 0.310. The molecule has 4 aromatic rings. The molecule has 6 heteroatoms. The highest BCUT2D eigenvalue weighted by Crippen LogP contribution is 2.27. The van der Waals surface area contributed by atoms with Crippen LogP contribution in [0, 0.1) is 0 Å². The quantitative estimate of drug-likeness (QED) is 0.550. The van der Waals surface area contributed by atoms with Crippen LogP contribution in [0.5, 0.6) is 0 Å². The molecule has 0 radical (unpaired) electrons. The van der Waals surface area contributed by atoms with Crippen molar-refractivity contribution in [2.45, 2.75) is 13.0 Å². The standard InChI is InChI=1S/C19H17N3O2S/c1-24-19(23)18-7-6-17(25-18)16-9-11-22(21-16)10-8-13-12-20-15-5-3-2-4-14(13)15/h2-7,9,11-12,20H,8,10H2,1H3. The van der Waals surface area contributed by atoms with Crippen molar-refractivity contribution in [3.8, 4) is 10.6 Å². The molecule has 0 amide bonds. The van der Waals surface area contributed by atoms with E-state index in [0.29, 0.717) is 4.88 Å². The Balaban J connectivity index is 1.48. The molecule has 3 heterocycles. The number of nitrogens with zero attached hydrogens (tertiary/aromatic N) is 2. The van der Waals surface area contributed by atoms with Crippen LogP contribution in [0.2, 0.25) is 0 Å². The van der Waals surface area contributed by atoms with E-state index in [9.17, 15) is 4.79 Å². The Hall–Kier alpha value is -2.86. The first-order chi connectivity index (χ1) is 12.2. The maximum Gasteiger partial charge on any atom is 0.348 e. The highest BCUT2D eigenvalue weighted by molar-refractivity contribution is 7.17. The number of rotatable bonds is 5. The van der Waals surface area contributed by atoms with E-state index >= 15 is 0 Å². The number of esters is 1. The Labute approximate surface area is 148 Å². The first-order valence-corrected chi connectivity index (χ1v) is 8.83. The fourth-order valence-electron chi connectivity index (χ4n) is 2.88. The minimum Gasteiger partial charge on any atom is -0.465 e. The zero-order valence-corrected chi connectivity index (χ0v) is 14.5. The number of hydrogen-bond donors (Lipinski definition) is 1. The van der Waals surface area contributed by atoms with Crippen molar-refractivity contribution in [2.24, 2.45) is 0 Å². The van der Waals surface area contributed by atoms with Gasteiger partial charge in [0.1, 0.15) is 10.6 Å². The minimum atomic E-state index is -0.310. The summed E-state index contributed by atoms with van der Waals surface area (Å²) in [6, 6.07) is 14.0. The third-order valence-corrected chi connectivity index (χ3v) is 5.26. The number of nitrogens with one attached hydrogen (secondary N) is 1. The van der Waals surface area contributed by atoms with Crippen molar-refractivity contribution in [1.82, 2.24) is 14.8 Å². The largest absolute Gasteiger partial charge is 0.465 e. The topological polar surface area (TPSA) is 59.9 Å². The summed E-state index contributed by atoms with van der Waals surface area (Å²) in [5.74, 6) is -0.310. The Morgan fingerprint density at radius 2 is 2.12 bits per heavy atom. The van der Waals surface area contributed by atoms with Gasteiger partial charge in [-0.1, -0.05) is 18.2 Å². The van der Waals surface area contributed by atoms with E-state index in [1.54, 1.807) is 6.07 Å². The van der Waals surface area contributed by atoms with Crippen LogP contribution >= 0.6 is 11.3 Å². The lowest BCUT2D eigenvalue weighted by molar-refractivity contribution is 0.0606. The number of ether oxygens (including phenoxy) is 1.